The van der Waals surface area contributed by atoms with Gasteiger partial charge in [0, 0.05) is 35.2 Å². The third-order valence-electron chi connectivity index (χ3n) is 3.64. The summed E-state index contributed by atoms with van der Waals surface area (Å²) < 4.78 is 11.4. The number of fused-ring (bicyclic) bond motifs is 1. The maximum atomic E-state index is 12.1. The maximum absolute atomic E-state index is 12.1. The van der Waals surface area contributed by atoms with Gasteiger partial charge >= 0.3 is 11.6 Å². The van der Waals surface area contributed by atoms with Gasteiger partial charge in [-0.15, -0.1) is 0 Å². The first kappa shape index (κ1) is 16.9. The minimum atomic E-state index is -0.713. The lowest BCUT2D eigenvalue weighted by Crippen LogP contribution is -2.21. The van der Waals surface area contributed by atoms with Gasteiger partial charge in [-0.2, -0.15) is 5.10 Å². The zero-order valence-electron chi connectivity index (χ0n) is 13.4. The summed E-state index contributed by atoms with van der Waals surface area (Å²) in [5, 5.41) is 4.91. The number of ether oxygens (including phenoxy) is 1. The van der Waals surface area contributed by atoms with Crippen molar-refractivity contribution in [3.05, 3.63) is 72.9 Å². The van der Waals surface area contributed by atoms with Crippen LogP contribution in [0.3, 0.4) is 0 Å². The van der Waals surface area contributed by atoms with Crippen molar-refractivity contribution in [2.45, 2.75) is 13.5 Å². The first-order valence-corrected chi connectivity index (χ1v) is 7.67. The van der Waals surface area contributed by atoms with Crippen LogP contribution in [0.4, 0.5) is 0 Å². The molecule has 0 aliphatic carbocycles. The molecule has 0 bridgehead atoms. The number of rotatable bonds is 3. The molecule has 0 unspecified atom stereocenters. The van der Waals surface area contributed by atoms with Crippen molar-refractivity contribution in [1.82, 2.24) is 9.78 Å². The molecule has 25 heavy (non-hydrogen) atoms. The number of nitrogens with zero attached hydrogens (tertiary/aromatic N) is 2. The third kappa shape index (κ3) is 3.46. The Labute approximate surface area is 146 Å². The molecule has 3 rings (SSSR count). The molecule has 2 aromatic heterocycles. The van der Waals surface area contributed by atoms with Crippen LogP contribution in [0.15, 0.2) is 44.3 Å². The van der Waals surface area contributed by atoms with Crippen LogP contribution >= 0.6 is 11.6 Å². The average Bonchev–Trinajstić information content (AvgIpc) is 2.56. The van der Waals surface area contributed by atoms with Gasteiger partial charge in [-0.05, 0) is 30.7 Å². The van der Waals surface area contributed by atoms with E-state index in [1.807, 2.05) is 0 Å². The summed E-state index contributed by atoms with van der Waals surface area (Å²) in [4.78, 5) is 35.1. The first-order valence-electron chi connectivity index (χ1n) is 7.29. The number of esters is 1. The highest BCUT2D eigenvalue weighted by Crippen LogP contribution is 2.25. The summed E-state index contributed by atoms with van der Waals surface area (Å²) in [5.74, 6) is -0.713. The highest BCUT2D eigenvalue weighted by Gasteiger charge is 2.13. The molecule has 0 atom stereocenters. The van der Waals surface area contributed by atoms with Gasteiger partial charge in [0.05, 0.1) is 0 Å². The molecule has 0 saturated carbocycles. The third-order valence-corrected chi connectivity index (χ3v) is 4.04. The topological polar surface area (TPSA) is 91.4 Å². The molecule has 7 nitrogen and oxygen atoms in total. The van der Waals surface area contributed by atoms with E-state index in [9.17, 15) is 14.4 Å². The Balaban J connectivity index is 1.91. The first-order chi connectivity index (χ1) is 11.8. The highest BCUT2D eigenvalue weighted by molar-refractivity contribution is 6.32. The molecule has 0 fully saturated rings. The van der Waals surface area contributed by atoms with E-state index in [2.05, 4.69) is 5.10 Å². The lowest BCUT2D eigenvalue weighted by Gasteiger charge is -2.08. The number of carbonyl (C=O) groups is 1. The SMILES string of the molecule is Cc1cc2oc(=O)cc(COC(=O)c3ccc(=O)n(C)n3)c2cc1Cl. The maximum Gasteiger partial charge on any atom is 0.359 e. The Morgan fingerprint density at radius 2 is 2.04 bits per heavy atom. The minimum Gasteiger partial charge on any atom is -0.456 e. The Hall–Kier alpha value is -2.93. The van der Waals surface area contributed by atoms with E-state index in [1.165, 1.54) is 25.2 Å². The predicted octanol–water partition coefficient (Wildman–Crippen LogP) is 2.21. The van der Waals surface area contributed by atoms with Crippen LogP contribution in [-0.2, 0) is 18.4 Å². The number of halogens is 1. The van der Waals surface area contributed by atoms with Gasteiger partial charge in [-0.3, -0.25) is 4.79 Å². The van der Waals surface area contributed by atoms with E-state index in [0.717, 1.165) is 10.2 Å². The van der Waals surface area contributed by atoms with Crippen molar-refractivity contribution in [3.63, 3.8) is 0 Å². The summed E-state index contributed by atoms with van der Waals surface area (Å²) >= 11 is 6.12. The van der Waals surface area contributed by atoms with Gasteiger partial charge in [0.2, 0.25) is 0 Å². The fourth-order valence-corrected chi connectivity index (χ4v) is 2.46. The Kier molecular flexibility index (Phi) is 4.41. The van der Waals surface area contributed by atoms with Crippen LogP contribution in [0.1, 0.15) is 21.6 Å². The zero-order valence-corrected chi connectivity index (χ0v) is 14.2. The number of hydrogen-bond acceptors (Lipinski definition) is 6. The summed E-state index contributed by atoms with van der Waals surface area (Å²) in [5.41, 5.74) is 0.685. The molecule has 128 valence electrons. The van der Waals surface area contributed by atoms with E-state index in [-0.39, 0.29) is 17.9 Å². The van der Waals surface area contributed by atoms with Crippen molar-refractivity contribution in [2.75, 3.05) is 0 Å². The highest BCUT2D eigenvalue weighted by atomic mass is 35.5. The second kappa shape index (κ2) is 6.52. The van der Waals surface area contributed by atoms with Crippen LogP contribution in [0.5, 0.6) is 0 Å². The molecule has 3 aromatic rings. The smallest absolute Gasteiger partial charge is 0.359 e. The fourth-order valence-electron chi connectivity index (χ4n) is 2.30. The van der Waals surface area contributed by atoms with Gasteiger partial charge in [0.1, 0.15) is 12.2 Å². The molecule has 0 aliphatic heterocycles. The zero-order chi connectivity index (χ0) is 18.1. The van der Waals surface area contributed by atoms with Crippen molar-refractivity contribution < 1.29 is 13.9 Å². The van der Waals surface area contributed by atoms with E-state index in [1.54, 1.807) is 19.1 Å². The van der Waals surface area contributed by atoms with Crippen molar-refractivity contribution in [2.24, 2.45) is 7.05 Å². The Morgan fingerprint density at radius 3 is 2.76 bits per heavy atom. The quantitative estimate of drug-likeness (QED) is 0.525. The molecule has 0 aliphatic rings. The van der Waals surface area contributed by atoms with E-state index in [0.29, 0.717) is 21.6 Å². The molecule has 1 aromatic carbocycles. The van der Waals surface area contributed by atoms with Gasteiger partial charge < -0.3 is 9.15 Å². The lowest BCUT2D eigenvalue weighted by atomic mass is 10.1. The van der Waals surface area contributed by atoms with E-state index >= 15 is 0 Å². The Bertz CT molecular complexity index is 1100. The minimum absolute atomic E-state index is 0.0109. The molecular weight excluding hydrogens is 348 g/mol. The fraction of sp³-hybridized carbons (Fsp3) is 0.176. The number of carbonyl (C=O) groups excluding carboxylic acids is 1. The second-order valence-corrected chi connectivity index (χ2v) is 5.85. The van der Waals surface area contributed by atoms with Crippen molar-refractivity contribution in [3.8, 4) is 0 Å². The molecule has 0 saturated heterocycles. The normalized spacial score (nSPS) is 10.8. The van der Waals surface area contributed by atoms with Crippen LogP contribution in [0, 0.1) is 6.92 Å². The number of hydrogen-bond donors (Lipinski definition) is 0. The molecule has 0 amide bonds. The van der Waals surface area contributed by atoms with Gasteiger partial charge in [-0.25, -0.2) is 14.3 Å². The predicted molar refractivity (Wildman–Crippen MR) is 90.8 cm³/mol. The summed E-state index contributed by atoms with van der Waals surface area (Å²) in [7, 11) is 1.43. The average molecular weight is 361 g/mol. The van der Waals surface area contributed by atoms with Gasteiger partial charge in [0.15, 0.2) is 5.69 Å². The van der Waals surface area contributed by atoms with Crippen molar-refractivity contribution >= 4 is 28.5 Å². The van der Waals surface area contributed by atoms with Crippen LogP contribution < -0.4 is 11.2 Å². The van der Waals surface area contributed by atoms with Crippen LogP contribution in [-0.4, -0.2) is 15.7 Å². The second-order valence-electron chi connectivity index (χ2n) is 5.44. The molecule has 8 heteroatoms. The molecular formula is C17H13ClN2O5. The standard InChI is InChI=1S/C17H13ClN2O5/c1-9-5-14-11(7-12(9)18)10(6-16(22)25-14)8-24-17(23)13-3-4-15(21)20(2)19-13/h3-7H,8H2,1-2H3. The Morgan fingerprint density at radius 1 is 1.28 bits per heavy atom. The van der Waals surface area contributed by atoms with E-state index < -0.39 is 11.6 Å². The number of aromatic nitrogens is 2. The summed E-state index contributed by atoms with van der Waals surface area (Å²) in [6.45, 7) is 1.63. The van der Waals surface area contributed by atoms with Crippen molar-refractivity contribution in [1.29, 1.82) is 0 Å². The molecule has 0 spiro atoms. The van der Waals surface area contributed by atoms with Gasteiger partial charge in [-0.1, -0.05) is 11.6 Å². The van der Waals surface area contributed by atoms with Crippen LogP contribution in [0.25, 0.3) is 11.0 Å². The largest absolute Gasteiger partial charge is 0.456 e. The van der Waals surface area contributed by atoms with Crippen LogP contribution in [0.2, 0.25) is 5.02 Å². The monoisotopic (exact) mass is 360 g/mol. The summed E-state index contributed by atoms with van der Waals surface area (Å²) in [6, 6.07) is 7.05. The van der Waals surface area contributed by atoms with Gasteiger partial charge in [0.25, 0.3) is 5.56 Å². The lowest BCUT2D eigenvalue weighted by molar-refractivity contribution is 0.0464. The van der Waals surface area contributed by atoms with E-state index in [4.69, 9.17) is 20.8 Å². The molecule has 0 N–H and O–H groups in total. The molecule has 0 radical (unpaired) electrons. The number of aryl methyl sites for hydroxylation is 2. The molecule has 2 heterocycles. The number of benzene rings is 1. The summed E-state index contributed by atoms with van der Waals surface area (Å²) in [6.07, 6.45) is 0.